The lowest BCUT2D eigenvalue weighted by Gasteiger charge is -2.17. The predicted octanol–water partition coefficient (Wildman–Crippen LogP) is 0.994. The molecule has 2 heterocycles. The number of rotatable bonds is 4. The first kappa shape index (κ1) is 13.3. The Hall–Kier alpha value is -2.17. The average molecular weight is 260 g/mol. The number of amides is 3. The second-order valence-electron chi connectivity index (χ2n) is 4.49. The van der Waals surface area contributed by atoms with E-state index in [9.17, 15) is 14.4 Å². The average Bonchev–Trinajstić information content (AvgIpc) is 2.86. The van der Waals surface area contributed by atoms with Crippen molar-refractivity contribution in [1.29, 1.82) is 0 Å². The topological polar surface area (TPSA) is 57.7 Å². The summed E-state index contributed by atoms with van der Waals surface area (Å²) in [6.45, 7) is 7.73. The highest BCUT2D eigenvalue weighted by atomic mass is 16.2. The van der Waals surface area contributed by atoms with E-state index in [1.54, 1.807) is 11.0 Å². The van der Waals surface area contributed by atoms with Crippen molar-refractivity contribution in [2.45, 2.75) is 19.3 Å². The van der Waals surface area contributed by atoms with Gasteiger partial charge in [0.1, 0.15) is 0 Å². The quantitative estimate of drug-likeness (QED) is 0.430. The van der Waals surface area contributed by atoms with Gasteiger partial charge >= 0.3 is 0 Å². The van der Waals surface area contributed by atoms with Gasteiger partial charge in [0.15, 0.2) is 0 Å². The molecule has 5 heteroatoms. The molecule has 0 unspecified atom stereocenters. The minimum atomic E-state index is -0.302. The van der Waals surface area contributed by atoms with E-state index >= 15 is 0 Å². The van der Waals surface area contributed by atoms with E-state index in [2.05, 4.69) is 13.2 Å². The summed E-state index contributed by atoms with van der Waals surface area (Å²) in [5.41, 5.74) is 1.12. The monoisotopic (exact) mass is 260 g/mol. The molecule has 5 nitrogen and oxygen atoms in total. The molecule has 2 fully saturated rings. The molecular weight excluding hydrogens is 244 g/mol. The van der Waals surface area contributed by atoms with Gasteiger partial charge in [0.25, 0.3) is 5.91 Å². The lowest BCUT2D eigenvalue weighted by molar-refractivity contribution is -0.136. The summed E-state index contributed by atoms with van der Waals surface area (Å²) in [4.78, 5) is 38.4. The molecule has 0 radical (unpaired) electrons. The Balaban J connectivity index is 2.34. The molecule has 2 rings (SSSR count). The first-order chi connectivity index (χ1) is 9.10. The highest BCUT2D eigenvalue weighted by molar-refractivity contribution is 6.14. The molecule has 0 aromatic carbocycles. The molecule has 0 aromatic rings. The maximum absolute atomic E-state index is 12.2. The summed E-state index contributed by atoms with van der Waals surface area (Å²) in [7, 11) is 0. The molecular formula is C14H16N2O3. The third kappa shape index (κ3) is 2.23. The Bertz CT molecular complexity index is 505. The van der Waals surface area contributed by atoms with Gasteiger partial charge in [-0.1, -0.05) is 12.2 Å². The van der Waals surface area contributed by atoms with Crippen LogP contribution in [0.5, 0.6) is 0 Å². The number of carbonyl (C=O) groups excluding carboxylic acids is 3. The van der Waals surface area contributed by atoms with Crippen molar-refractivity contribution in [2.24, 2.45) is 0 Å². The Kier molecular flexibility index (Phi) is 3.64. The SMILES string of the molecule is C=CCN1C(=O)C/C(=C2\CCC(=O)N2CC=C)C1=O. The predicted molar refractivity (Wildman–Crippen MR) is 69.7 cm³/mol. The fraction of sp³-hybridized carbons (Fsp3) is 0.357. The second-order valence-corrected chi connectivity index (χ2v) is 4.49. The number of hydrogen-bond donors (Lipinski definition) is 0. The summed E-state index contributed by atoms with van der Waals surface area (Å²) in [6.07, 6.45) is 4.11. The van der Waals surface area contributed by atoms with E-state index in [0.717, 1.165) is 0 Å². The summed E-state index contributed by atoms with van der Waals surface area (Å²) in [5.74, 6) is -0.557. The zero-order chi connectivity index (χ0) is 14.0. The summed E-state index contributed by atoms with van der Waals surface area (Å²) < 4.78 is 0. The van der Waals surface area contributed by atoms with Gasteiger partial charge < -0.3 is 4.90 Å². The lowest BCUT2D eigenvalue weighted by Crippen LogP contribution is -2.30. The van der Waals surface area contributed by atoms with E-state index in [1.807, 2.05) is 0 Å². The van der Waals surface area contributed by atoms with Crippen molar-refractivity contribution in [3.8, 4) is 0 Å². The van der Waals surface area contributed by atoms with Crippen molar-refractivity contribution >= 4 is 17.7 Å². The molecule has 0 atom stereocenters. The lowest BCUT2D eigenvalue weighted by atomic mass is 10.1. The maximum atomic E-state index is 12.2. The van der Waals surface area contributed by atoms with Gasteiger partial charge in [0, 0.05) is 30.8 Å². The van der Waals surface area contributed by atoms with Crippen molar-refractivity contribution in [1.82, 2.24) is 9.80 Å². The Labute approximate surface area is 111 Å². The largest absolute Gasteiger partial charge is 0.312 e. The smallest absolute Gasteiger partial charge is 0.258 e. The number of likely N-dealkylation sites (tertiary alicyclic amines) is 2. The Morgan fingerprint density at radius 3 is 2.21 bits per heavy atom. The summed E-state index contributed by atoms with van der Waals surface area (Å²) in [5, 5.41) is 0. The van der Waals surface area contributed by atoms with Crippen molar-refractivity contribution < 1.29 is 14.4 Å². The van der Waals surface area contributed by atoms with Crippen LogP contribution in [0, 0.1) is 0 Å². The molecule has 2 aliphatic rings. The molecule has 19 heavy (non-hydrogen) atoms. The molecule has 0 aromatic heterocycles. The van der Waals surface area contributed by atoms with Gasteiger partial charge in [0.05, 0.1) is 6.42 Å². The van der Waals surface area contributed by atoms with Crippen molar-refractivity contribution in [3.05, 3.63) is 36.6 Å². The maximum Gasteiger partial charge on any atom is 0.258 e. The Morgan fingerprint density at radius 2 is 1.58 bits per heavy atom. The normalized spacial score (nSPS) is 23.5. The van der Waals surface area contributed by atoms with Crippen LogP contribution in [0.25, 0.3) is 0 Å². The van der Waals surface area contributed by atoms with Crippen LogP contribution in [0.15, 0.2) is 36.6 Å². The number of allylic oxidation sites excluding steroid dienone is 1. The third-order valence-corrected chi connectivity index (χ3v) is 3.31. The van der Waals surface area contributed by atoms with E-state index in [4.69, 9.17) is 0 Å². The van der Waals surface area contributed by atoms with E-state index in [-0.39, 0.29) is 30.7 Å². The molecule has 0 bridgehead atoms. The van der Waals surface area contributed by atoms with E-state index in [0.29, 0.717) is 30.7 Å². The molecule has 0 aliphatic carbocycles. The number of hydrogen-bond acceptors (Lipinski definition) is 3. The summed E-state index contributed by atoms with van der Waals surface area (Å²) >= 11 is 0. The molecule has 0 saturated carbocycles. The van der Waals surface area contributed by atoms with Crippen LogP contribution in [-0.4, -0.2) is 40.6 Å². The van der Waals surface area contributed by atoms with Crippen LogP contribution in [-0.2, 0) is 14.4 Å². The molecule has 3 amide bonds. The van der Waals surface area contributed by atoms with Gasteiger partial charge in [-0.25, -0.2) is 0 Å². The van der Waals surface area contributed by atoms with E-state index < -0.39 is 0 Å². The standard InChI is InChI=1S/C14H16N2O3/c1-3-7-15-11(5-6-12(15)17)10-9-13(18)16(8-4-2)14(10)19/h3-4H,1-2,5-9H2/b11-10-. The van der Waals surface area contributed by atoms with Crippen LogP contribution >= 0.6 is 0 Å². The second kappa shape index (κ2) is 5.22. The van der Waals surface area contributed by atoms with Gasteiger partial charge in [-0.05, 0) is 6.42 Å². The third-order valence-electron chi connectivity index (χ3n) is 3.31. The first-order valence-corrected chi connectivity index (χ1v) is 6.19. The minimum absolute atomic E-state index is 0.0233. The van der Waals surface area contributed by atoms with Crippen molar-refractivity contribution in [3.63, 3.8) is 0 Å². The minimum Gasteiger partial charge on any atom is -0.312 e. The van der Waals surface area contributed by atoms with Crippen LogP contribution in [0.3, 0.4) is 0 Å². The van der Waals surface area contributed by atoms with Gasteiger partial charge in [-0.2, -0.15) is 0 Å². The zero-order valence-corrected chi connectivity index (χ0v) is 10.7. The van der Waals surface area contributed by atoms with E-state index in [1.165, 1.54) is 11.0 Å². The van der Waals surface area contributed by atoms with Gasteiger partial charge in [0.2, 0.25) is 11.8 Å². The number of carbonyl (C=O) groups is 3. The first-order valence-electron chi connectivity index (χ1n) is 6.19. The molecule has 0 spiro atoms. The fourth-order valence-electron chi connectivity index (χ4n) is 2.44. The number of imide groups is 1. The molecule has 0 N–H and O–H groups in total. The highest BCUT2D eigenvalue weighted by Crippen LogP contribution is 2.31. The Morgan fingerprint density at radius 1 is 0.947 bits per heavy atom. The highest BCUT2D eigenvalue weighted by Gasteiger charge is 2.38. The van der Waals surface area contributed by atoms with Crippen LogP contribution in [0.1, 0.15) is 19.3 Å². The zero-order valence-electron chi connectivity index (χ0n) is 10.7. The van der Waals surface area contributed by atoms with Crippen LogP contribution < -0.4 is 0 Å². The molecule has 2 saturated heterocycles. The van der Waals surface area contributed by atoms with Crippen LogP contribution in [0.2, 0.25) is 0 Å². The van der Waals surface area contributed by atoms with Crippen molar-refractivity contribution in [2.75, 3.05) is 13.1 Å². The van der Waals surface area contributed by atoms with Gasteiger partial charge in [-0.3, -0.25) is 19.3 Å². The fourth-order valence-corrected chi connectivity index (χ4v) is 2.44. The van der Waals surface area contributed by atoms with Crippen LogP contribution in [0.4, 0.5) is 0 Å². The van der Waals surface area contributed by atoms with Gasteiger partial charge in [-0.15, -0.1) is 13.2 Å². The molecule has 2 aliphatic heterocycles. The number of nitrogens with zero attached hydrogens (tertiary/aromatic N) is 2. The summed E-state index contributed by atoms with van der Waals surface area (Å²) in [6, 6.07) is 0. The molecule has 100 valence electrons.